The van der Waals surface area contributed by atoms with Crippen LogP contribution in [-0.4, -0.2) is 48.9 Å². The van der Waals surface area contributed by atoms with Crippen molar-refractivity contribution < 1.29 is 0 Å². The standard InChI is InChI=1S/C16H15BrN10/c1-9-13(17)10(2)27(21-9)8-25-5-4-12(22-25)14-20-16-11-6-19-24(3)15(11)18-7-26(16)23-14/h4-7H,8H2,1-3H3. The summed E-state index contributed by atoms with van der Waals surface area (Å²) in [5.41, 5.74) is 4.17. The van der Waals surface area contributed by atoms with Crippen LogP contribution in [0.2, 0.25) is 0 Å². The summed E-state index contributed by atoms with van der Waals surface area (Å²) in [5.74, 6) is 0.543. The summed E-state index contributed by atoms with van der Waals surface area (Å²) in [6.45, 7) is 4.50. The van der Waals surface area contributed by atoms with Crippen molar-refractivity contribution >= 4 is 32.6 Å². The van der Waals surface area contributed by atoms with Gasteiger partial charge in [-0.05, 0) is 35.8 Å². The zero-order valence-corrected chi connectivity index (χ0v) is 16.5. The Morgan fingerprint density at radius 1 is 1.11 bits per heavy atom. The van der Waals surface area contributed by atoms with Gasteiger partial charge in [0.15, 0.2) is 11.3 Å². The molecule has 0 aliphatic carbocycles. The van der Waals surface area contributed by atoms with Crippen LogP contribution in [0.15, 0.2) is 29.3 Å². The lowest BCUT2D eigenvalue weighted by Gasteiger charge is -2.04. The topological polar surface area (TPSA) is 96.5 Å². The Hall–Kier alpha value is -3.08. The molecule has 11 heteroatoms. The Balaban J connectivity index is 1.52. The summed E-state index contributed by atoms with van der Waals surface area (Å²) < 4.78 is 8.09. The molecular weight excluding hydrogens is 412 g/mol. The average molecular weight is 427 g/mol. The summed E-state index contributed by atoms with van der Waals surface area (Å²) in [7, 11) is 1.85. The van der Waals surface area contributed by atoms with Crippen LogP contribution >= 0.6 is 15.9 Å². The molecule has 0 saturated heterocycles. The quantitative estimate of drug-likeness (QED) is 0.437. The number of nitrogens with zero attached hydrogens (tertiary/aromatic N) is 10. The van der Waals surface area contributed by atoms with Gasteiger partial charge >= 0.3 is 0 Å². The third-order valence-electron chi connectivity index (χ3n) is 4.51. The van der Waals surface area contributed by atoms with E-state index in [0.717, 1.165) is 26.9 Å². The van der Waals surface area contributed by atoms with Gasteiger partial charge in [0.2, 0.25) is 5.82 Å². The van der Waals surface area contributed by atoms with Crippen LogP contribution < -0.4 is 0 Å². The molecule has 5 aromatic heterocycles. The molecule has 5 rings (SSSR count). The number of aromatic nitrogens is 10. The van der Waals surface area contributed by atoms with Crippen molar-refractivity contribution in [2.75, 3.05) is 0 Å². The minimum Gasteiger partial charge on any atom is -0.250 e. The van der Waals surface area contributed by atoms with Crippen molar-refractivity contribution in [1.82, 2.24) is 48.9 Å². The third kappa shape index (κ3) is 2.46. The average Bonchev–Trinajstić information content (AvgIpc) is 3.40. The number of aryl methyl sites for hydroxylation is 2. The van der Waals surface area contributed by atoms with Crippen LogP contribution in [0.25, 0.3) is 28.2 Å². The highest BCUT2D eigenvalue weighted by molar-refractivity contribution is 9.10. The molecule has 0 bridgehead atoms. The Morgan fingerprint density at radius 3 is 2.74 bits per heavy atom. The molecule has 0 aliphatic rings. The summed E-state index contributed by atoms with van der Waals surface area (Å²) in [6.07, 6.45) is 5.28. The molecule has 5 heterocycles. The molecular formula is C16H15BrN10. The van der Waals surface area contributed by atoms with Gasteiger partial charge in [-0.3, -0.25) is 9.36 Å². The fourth-order valence-electron chi connectivity index (χ4n) is 3.06. The molecule has 10 nitrogen and oxygen atoms in total. The second-order valence-corrected chi connectivity index (χ2v) is 7.11. The second kappa shape index (κ2) is 5.71. The molecule has 0 N–H and O–H groups in total. The first-order valence-corrected chi connectivity index (χ1v) is 9.07. The minimum atomic E-state index is 0.514. The minimum absolute atomic E-state index is 0.514. The molecule has 136 valence electrons. The molecule has 27 heavy (non-hydrogen) atoms. The smallest absolute Gasteiger partial charge is 0.202 e. The number of rotatable bonds is 3. The van der Waals surface area contributed by atoms with E-state index in [9.17, 15) is 0 Å². The lowest BCUT2D eigenvalue weighted by Crippen LogP contribution is -2.11. The Morgan fingerprint density at radius 2 is 1.96 bits per heavy atom. The summed E-state index contributed by atoms with van der Waals surface area (Å²) in [6, 6.07) is 1.89. The highest BCUT2D eigenvalue weighted by atomic mass is 79.9. The first-order chi connectivity index (χ1) is 13.0. The van der Waals surface area contributed by atoms with Gasteiger partial charge in [-0.15, -0.1) is 5.10 Å². The lowest BCUT2D eigenvalue weighted by molar-refractivity contribution is 0.492. The van der Waals surface area contributed by atoms with E-state index < -0.39 is 0 Å². The van der Waals surface area contributed by atoms with Crippen molar-refractivity contribution in [3.63, 3.8) is 0 Å². The van der Waals surface area contributed by atoms with Crippen LogP contribution in [0, 0.1) is 13.8 Å². The Labute approximate surface area is 161 Å². The third-order valence-corrected chi connectivity index (χ3v) is 5.66. The number of halogens is 1. The van der Waals surface area contributed by atoms with Crippen molar-refractivity contribution in [2.45, 2.75) is 20.5 Å². The SMILES string of the molecule is Cc1nn(Cn2ccc(-c3nc4c5cnn(C)c5ncn4n3)n2)c(C)c1Br. The maximum atomic E-state index is 4.63. The van der Waals surface area contributed by atoms with E-state index in [0.29, 0.717) is 23.8 Å². The molecule has 0 atom stereocenters. The van der Waals surface area contributed by atoms with Crippen molar-refractivity contribution in [2.24, 2.45) is 7.05 Å². The van der Waals surface area contributed by atoms with Gasteiger partial charge in [-0.25, -0.2) is 19.2 Å². The molecule has 5 aromatic rings. The molecule has 0 aliphatic heterocycles. The van der Waals surface area contributed by atoms with Gasteiger partial charge in [0.25, 0.3) is 0 Å². The van der Waals surface area contributed by atoms with Gasteiger partial charge in [0.1, 0.15) is 18.7 Å². The van der Waals surface area contributed by atoms with E-state index in [1.165, 1.54) is 0 Å². The predicted molar refractivity (Wildman–Crippen MR) is 101 cm³/mol. The van der Waals surface area contributed by atoms with E-state index >= 15 is 0 Å². The number of hydrogen-bond donors (Lipinski definition) is 0. The fourth-order valence-corrected chi connectivity index (χ4v) is 3.34. The fraction of sp³-hybridized carbons (Fsp3) is 0.250. The van der Waals surface area contributed by atoms with Crippen LogP contribution in [-0.2, 0) is 13.7 Å². The van der Waals surface area contributed by atoms with E-state index in [1.54, 1.807) is 21.7 Å². The molecule has 0 saturated carbocycles. The summed E-state index contributed by atoms with van der Waals surface area (Å²) >= 11 is 3.55. The number of fused-ring (bicyclic) bond motifs is 3. The molecule has 0 unspecified atom stereocenters. The number of hydrogen-bond acceptors (Lipinski definition) is 6. The van der Waals surface area contributed by atoms with Gasteiger partial charge < -0.3 is 0 Å². The van der Waals surface area contributed by atoms with Gasteiger partial charge in [0, 0.05) is 13.2 Å². The van der Waals surface area contributed by atoms with Gasteiger partial charge in [0.05, 0.1) is 27.4 Å². The van der Waals surface area contributed by atoms with Crippen LogP contribution in [0.5, 0.6) is 0 Å². The van der Waals surface area contributed by atoms with Gasteiger partial charge in [-0.1, -0.05) is 0 Å². The van der Waals surface area contributed by atoms with Crippen LogP contribution in [0.1, 0.15) is 11.4 Å². The van der Waals surface area contributed by atoms with Crippen LogP contribution in [0.4, 0.5) is 0 Å². The summed E-state index contributed by atoms with van der Waals surface area (Å²) in [4.78, 5) is 9.01. The predicted octanol–water partition coefficient (Wildman–Crippen LogP) is 1.96. The van der Waals surface area contributed by atoms with Crippen molar-refractivity contribution in [3.05, 3.63) is 40.6 Å². The van der Waals surface area contributed by atoms with Crippen LogP contribution in [0.3, 0.4) is 0 Å². The molecule has 0 radical (unpaired) electrons. The first-order valence-electron chi connectivity index (χ1n) is 8.27. The van der Waals surface area contributed by atoms with E-state index in [4.69, 9.17) is 0 Å². The lowest BCUT2D eigenvalue weighted by atomic mass is 10.4. The van der Waals surface area contributed by atoms with E-state index in [-0.39, 0.29) is 0 Å². The molecule has 0 amide bonds. The Bertz CT molecular complexity index is 1300. The first kappa shape index (κ1) is 16.1. The maximum Gasteiger partial charge on any atom is 0.202 e. The van der Waals surface area contributed by atoms with E-state index in [1.807, 2.05) is 42.5 Å². The highest BCUT2D eigenvalue weighted by Gasteiger charge is 2.15. The monoisotopic (exact) mass is 426 g/mol. The van der Waals surface area contributed by atoms with Gasteiger partial charge in [-0.2, -0.15) is 15.3 Å². The van der Waals surface area contributed by atoms with Crippen molar-refractivity contribution in [1.29, 1.82) is 0 Å². The van der Waals surface area contributed by atoms with Crippen molar-refractivity contribution in [3.8, 4) is 11.5 Å². The molecule has 0 aromatic carbocycles. The zero-order chi connectivity index (χ0) is 18.7. The second-order valence-electron chi connectivity index (χ2n) is 6.32. The van der Waals surface area contributed by atoms with E-state index in [2.05, 4.69) is 46.3 Å². The normalized spacial score (nSPS) is 11.9. The highest BCUT2D eigenvalue weighted by Crippen LogP contribution is 2.21. The Kier molecular flexibility index (Phi) is 3.41. The largest absolute Gasteiger partial charge is 0.250 e. The summed E-state index contributed by atoms with van der Waals surface area (Å²) in [5, 5.41) is 18.7. The maximum absolute atomic E-state index is 4.63. The zero-order valence-electron chi connectivity index (χ0n) is 14.9. The molecule has 0 fully saturated rings. The molecule has 0 spiro atoms.